The second-order valence-corrected chi connectivity index (χ2v) is 5.61. The maximum atomic E-state index is 12.6. The minimum absolute atomic E-state index is 0.0740. The summed E-state index contributed by atoms with van der Waals surface area (Å²) >= 11 is 0. The van der Waals surface area contributed by atoms with E-state index in [2.05, 4.69) is 17.2 Å². The van der Waals surface area contributed by atoms with Gasteiger partial charge in [-0.1, -0.05) is 18.2 Å². The highest BCUT2D eigenvalue weighted by molar-refractivity contribution is 5.96. The third-order valence-electron chi connectivity index (χ3n) is 4.19. The zero-order chi connectivity index (χ0) is 17.1. The SMILES string of the molecule is COc1c(C(=O)N2CC=C(c3ccc(C#N)cc3)CC2)cnn1C. The smallest absolute Gasteiger partial charge is 0.261 e. The molecule has 0 fully saturated rings. The molecule has 3 rings (SSSR count). The number of aromatic nitrogens is 2. The van der Waals surface area contributed by atoms with Gasteiger partial charge in [0.15, 0.2) is 0 Å². The number of methoxy groups -OCH3 is 1. The van der Waals surface area contributed by atoms with E-state index in [1.807, 2.05) is 24.3 Å². The first-order valence-corrected chi connectivity index (χ1v) is 7.69. The van der Waals surface area contributed by atoms with Gasteiger partial charge in [0.1, 0.15) is 5.56 Å². The molecule has 24 heavy (non-hydrogen) atoms. The Bertz CT molecular complexity index is 828. The van der Waals surface area contributed by atoms with E-state index in [1.165, 1.54) is 12.7 Å². The largest absolute Gasteiger partial charge is 0.481 e. The first kappa shape index (κ1) is 15.8. The van der Waals surface area contributed by atoms with Crippen molar-refractivity contribution in [3.05, 3.63) is 53.2 Å². The Morgan fingerprint density at radius 1 is 1.33 bits per heavy atom. The lowest BCUT2D eigenvalue weighted by Crippen LogP contribution is -2.34. The monoisotopic (exact) mass is 322 g/mol. The van der Waals surface area contributed by atoms with Gasteiger partial charge in [0, 0.05) is 20.1 Å². The third-order valence-corrected chi connectivity index (χ3v) is 4.19. The topological polar surface area (TPSA) is 71.2 Å². The van der Waals surface area contributed by atoms with Gasteiger partial charge >= 0.3 is 0 Å². The van der Waals surface area contributed by atoms with E-state index in [-0.39, 0.29) is 5.91 Å². The maximum absolute atomic E-state index is 12.6. The molecule has 1 aliphatic heterocycles. The molecule has 0 radical (unpaired) electrons. The maximum Gasteiger partial charge on any atom is 0.261 e. The van der Waals surface area contributed by atoms with Gasteiger partial charge in [-0.15, -0.1) is 0 Å². The molecule has 1 aromatic carbocycles. The van der Waals surface area contributed by atoms with Crippen LogP contribution in [0.2, 0.25) is 0 Å². The van der Waals surface area contributed by atoms with Crippen LogP contribution in [0.15, 0.2) is 36.5 Å². The fourth-order valence-corrected chi connectivity index (χ4v) is 2.86. The molecule has 6 nitrogen and oxygen atoms in total. The molecule has 2 aromatic rings. The molecule has 0 spiro atoms. The third kappa shape index (κ3) is 2.88. The van der Waals surface area contributed by atoms with Crippen LogP contribution in [0.1, 0.15) is 27.9 Å². The summed E-state index contributed by atoms with van der Waals surface area (Å²) in [6, 6.07) is 9.65. The van der Waals surface area contributed by atoms with Crippen molar-refractivity contribution in [2.75, 3.05) is 20.2 Å². The lowest BCUT2D eigenvalue weighted by molar-refractivity contribution is 0.0769. The summed E-state index contributed by atoms with van der Waals surface area (Å²) in [4.78, 5) is 14.4. The number of aryl methyl sites for hydroxylation is 1. The van der Waals surface area contributed by atoms with Gasteiger partial charge in [-0.25, -0.2) is 4.68 Å². The summed E-state index contributed by atoms with van der Waals surface area (Å²) < 4.78 is 6.80. The number of hydrogen-bond acceptors (Lipinski definition) is 4. The van der Waals surface area contributed by atoms with Crippen LogP contribution < -0.4 is 4.74 Å². The second kappa shape index (κ2) is 6.59. The van der Waals surface area contributed by atoms with Gasteiger partial charge < -0.3 is 9.64 Å². The van der Waals surface area contributed by atoms with Gasteiger partial charge in [-0.05, 0) is 29.7 Å². The van der Waals surface area contributed by atoms with E-state index in [0.717, 1.165) is 12.0 Å². The van der Waals surface area contributed by atoms with Gasteiger partial charge in [-0.3, -0.25) is 4.79 Å². The van der Waals surface area contributed by atoms with Crippen LogP contribution in [0, 0.1) is 11.3 Å². The summed E-state index contributed by atoms with van der Waals surface area (Å²) in [5, 5.41) is 12.9. The summed E-state index contributed by atoms with van der Waals surface area (Å²) in [7, 11) is 3.28. The first-order valence-electron chi connectivity index (χ1n) is 7.69. The molecule has 0 aliphatic carbocycles. The van der Waals surface area contributed by atoms with Crippen LogP contribution in [0.5, 0.6) is 5.88 Å². The quantitative estimate of drug-likeness (QED) is 0.869. The Kier molecular flexibility index (Phi) is 4.34. The predicted molar refractivity (Wildman–Crippen MR) is 89.4 cm³/mol. The molecule has 6 heteroatoms. The Morgan fingerprint density at radius 2 is 2.08 bits per heavy atom. The summed E-state index contributed by atoms with van der Waals surface area (Å²) in [6.45, 7) is 1.19. The van der Waals surface area contributed by atoms with E-state index in [1.54, 1.807) is 22.8 Å². The van der Waals surface area contributed by atoms with Gasteiger partial charge in [0.05, 0.1) is 24.9 Å². The number of benzene rings is 1. The standard InChI is InChI=1S/C18H18N4O2/c1-21-18(24-2)16(12-20-21)17(23)22-9-7-15(8-10-22)14-5-3-13(11-19)4-6-14/h3-7,12H,8-10H2,1-2H3. The number of hydrogen-bond donors (Lipinski definition) is 0. The van der Waals surface area contributed by atoms with E-state index in [0.29, 0.717) is 30.1 Å². The Morgan fingerprint density at radius 3 is 2.67 bits per heavy atom. The zero-order valence-corrected chi connectivity index (χ0v) is 13.7. The Balaban J connectivity index is 1.74. The normalized spacial score (nSPS) is 14.0. The molecule has 0 bridgehead atoms. The second-order valence-electron chi connectivity index (χ2n) is 5.61. The highest BCUT2D eigenvalue weighted by Gasteiger charge is 2.24. The van der Waals surface area contributed by atoms with Crippen molar-refractivity contribution in [1.29, 1.82) is 5.26 Å². The van der Waals surface area contributed by atoms with Crippen molar-refractivity contribution in [3.8, 4) is 11.9 Å². The minimum Gasteiger partial charge on any atom is -0.481 e. The molecule has 1 aliphatic rings. The van der Waals surface area contributed by atoms with Crippen molar-refractivity contribution in [2.24, 2.45) is 7.05 Å². The number of nitrogens with zero attached hydrogens (tertiary/aromatic N) is 4. The summed E-state index contributed by atoms with van der Waals surface area (Å²) in [5.74, 6) is 0.400. The van der Waals surface area contributed by atoms with Crippen molar-refractivity contribution in [2.45, 2.75) is 6.42 Å². The van der Waals surface area contributed by atoms with Crippen molar-refractivity contribution >= 4 is 11.5 Å². The zero-order valence-electron chi connectivity index (χ0n) is 13.7. The highest BCUT2D eigenvalue weighted by Crippen LogP contribution is 2.25. The van der Waals surface area contributed by atoms with Gasteiger partial charge in [0.2, 0.25) is 5.88 Å². The van der Waals surface area contributed by atoms with Crippen LogP contribution in [-0.4, -0.2) is 40.8 Å². The fraction of sp³-hybridized carbons (Fsp3) is 0.278. The average molecular weight is 322 g/mol. The van der Waals surface area contributed by atoms with E-state index in [9.17, 15) is 4.79 Å². The number of carbonyl (C=O) groups is 1. The summed E-state index contributed by atoms with van der Waals surface area (Å²) in [6.07, 6.45) is 4.38. The molecule has 122 valence electrons. The average Bonchev–Trinajstić information content (AvgIpc) is 3.02. The highest BCUT2D eigenvalue weighted by atomic mass is 16.5. The lowest BCUT2D eigenvalue weighted by Gasteiger charge is -2.26. The van der Waals surface area contributed by atoms with Crippen LogP contribution in [0.4, 0.5) is 0 Å². The molecule has 2 heterocycles. The molecule has 1 amide bonds. The van der Waals surface area contributed by atoms with Gasteiger partial charge in [-0.2, -0.15) is 10.4 Å². The van der Waals surface area contributed by atoms with Gasteiger partial charge in [0.25, 0.3) is 5.91 Å². The predicted octanol–water partition coefficient (Wildman–Crippen LogP) is 2.23. The van der Waals surface area contributed by atoms with Crippen LogP contribution in [0.3, 0.4) is 0 Å². The summed E-state index contributed by atoms with van der Waals surface area (Å²) in [5.41, 5.74) is 3.42. The van der Waals surface area contributed by atoms with E-state index >= 15 is 0 Å². The molecule has 0 atom stereocenters. The van der Waals surface area contributed by atoms with Crippen molar-refractivity contribution in [3.63, 3.8) is 0 Å². The number of amides is 1. The number of nitriles is 1. The lowest BCUT2D eigenvalue weighted by atomic mass is 9.98. The van der Waals surface area contributed by atoms with E-state index in [4.69, 9.17) is 10.00 Å². The molecule has 0 unspecified atom stereocenters. The molecule has 1 aromatic heterocycles. The number of carbonyl (C=O) groups excluding carboxylic acids is 1. The molecular weight excluding hydrogens is 304 g/mol. The van der Waals surface area contributed by atoms with Crippen molar-refractivity contribution < 1.29 is 9.53 Å². The minimum atomic E-state index is -0.0740. The Hall–Kier alpha value is -3.07. The number of rotatable bonds is 3. The molecule has 0 saturated carbocycles. The molecular formula is C18H18N4O2. The van der Waals surface area contributed by atoms with Crippen molar-refractivity contribution in [1.82, 2.24) is 14.7 Å². The molecule has 0 N–H and O–H groups in total. The fourth-order valence-electron chi connectivity index (χ4n) is 2.86. The van der Waals surface area contributed by atoms with Crippen LogP contribution >= 0.6 is 0 Å². The molecule has 0 saturated heterocycles. The Labute approximate surface area is 140 Å². The number of ether oxygens (including phenoxy) is 1. The first-order chi connectivity index (χ1) is 11.6. The van der Waals surface area contributed by atoms with E-state index < -0.39 is 0 Å². The van der Waals surface area contributed by atoms with Crippen LogP contribution in [-0.2, 0) is 7.05 Å². The van der Waals surface area contributed by atoms with Crippen LogP contribution in [0.25, 0.3) is 5.57 Å².